The highest BCUT2D eigenvalue weighted by Crippen LogP contribution is 2.32. The largest absolute Gasteiger partial charge is 0.352 e. The molecule has 1 atom stereocenters. The van der Waals surface area contributed by atoms with Crippen molar-refractivity contribution in [2.75, 3.05) is 17.3 Å². The van der Waals surface area contributed by atoms with Crippen molar-refractivity contribution >= 4 is 27.5 Å². The summed E-state index contributed by atoms with van der Waals surface area (Å²) in [4.78, 5) is 16.8. The van der Waals surface area contributed by atoms with Gasteiger partial charge in [-0.05, 0) is 42.5 Å². The molecule has 1 unspecified atom stereocenters. The SMILES string of the molecule is CCc1cccc(CC)c1-n1c(SCC(=O)NC2CCS(=O)(=O)C2)nnc1-c1cccnc1. The van der Waals surface area contributed by atoms with E-state index in [1.54, 1.807) is 12.4 Å². The molecule has 1 aliphatic rings. The Morgan fingerprint density at radius 2 is 1.91 bits per heavy atom. The Morgan fingerprint density at radius 1 is 1.15 bits per heavy atom. The van der Waals surface area contributed by atoms with Gasteiger partial charge in [-0.15, -0.1) is 10.2 Å². The van der Waals surface area contributed by atoms with E-state index in [0.29, 0.717) is 17.4 Å². The second-order valence-electron chi connectivity index (χ2n) is 7.97. The van der Waals surface area contributed by atoms with E-state index < -0.39 is 9.84 Å². The van der Waals surface area contributed by atoms with Crippen LogP contribution in [0.1, 0.15) is 31.4 Å². The van der Waals surface area contributed by atoms with Crippen LogP contribution in [0.5, 0.6) is 0 Å². The molecule has 3 aromatic rings. The zero-order valence-electron chi connectivity index (χ0n) is 18.7. The molecular weight excluding hydrogens is 458 g/mol. The molecule has 0 radical (unpaired) electrons. The molecule has 0 saturated carbocycles. The number of hydrogen-bond acceptors (Lipinski definition) is 7. The molecule has 0 bridgehead atoms. The first-order valence-electron chi connectivity index (χ1n) is 11.0. The lowest BCUT2D eigenvalue weighted by molar-refractivity contribution is -0.119. The lowest BCUT2D eigenvalue weighted by Crippen LogP contribution is -2.36. The predicted octanol–water partition coefficient (Wildman–Crippen LogP) is 2.85. The molecule has 174 valence electrons. The summed E-state index contributed by atoms with van der Waals surface area (Å²) in [6.07, 6.45) is 5.61. The van der Waals surface area contributed by atoms with Crippen LogP contribution >= 0.6 is 11.8 Å². The Labute approximate surface area is 198 Å². The van der Waals surface area contributed by atoms with Gasteiger partial charge in [0.05, 0.1) is 22.9 Å². The fourth-order valence-corrected chi connectivity index (χ4v) is 6.48. The second-order valence-corrected chi connectivity index (χ2v) is 11.1. The first-order chi connectivity index (χ1) is 15.9. The normalized spacial score (nSPS) is 17.2. The summed E-state index contributed by atoms with van der Waals surface area (Å²) in [5.41, 5.74) is 4.21. The van der Waals surface area contributed by atoms with Crippen LogP contribution in [0.4, 0.5) is 0 Å². The van der Waals surface area contributed by atoms with Gasteiger partial charge in [-0.3, -0.25) is 14.3 Å². The van der Waals surface area contributed by atoms with Gasteiger partial charge in [-0.1, -0.05) is 43.8 Å². The van der Waals surface area contributed by atoms with Gasteiger partial charge in [-0.25, -0.2) is 8.42 Å². The van der Waals surface area contributed by atoms with Gasteiger partial charge in [0.1, 0.15) is 0 Å². The summed E-state index contributed by atoms with van der Waals surface area (Å²) in [5, 5.41) is 12.3. The highest BCUT2D eigenvalue weighted by atomic mass is 32.2. The molecule has 1 aliphatic heterocycles. The van der Waals surface area contributed by atoms with Crippen LogP contribution in [0.2, 0.25) is 0 Å². The molecule has 1 saturated heterocycles. The number of aryl methyl sites for hydroxylation is 2. The lowest BCUT2D eigenvalue weighted by Gasteiger charge is -2.18. The van der Waals surface area contributed by atoms with Crippen LogP contribution in [0.25, 0.3) is 17.1 Å². The minimum absolute atomic E-state index is 0.00841. The summed E-state index contributed by atoms with van der Waals surface area (Å²) in [5.74, 6) is 0.718. The van der Waals surface area contributed by atoms with Gasteiger partial charge in [-0.2, -0.15) is 0 Å². The van der Waals surface area contributed by atoms with E-state index in [1.807, 2.05) is 16.7 Å². The number of sulfone groups is 1. The van der Waals surface area contributed by atoms with Crippen LogP contribution in [-0.4, -0.2) is 57.4 Å². The topological polar surface area (TPSA) is 107 Å². The van der Waals surface area contributed by atoms with Crippen molar-refractivity contribution < 1.29 is 13.2 Å². The van der Waals surface area contributed by atoms with Gasteiger partial charge in [0.2, 0.25) is 5.91 Å². The summed E-state index contributed by atoms with van der Waals surface area (Å²) < 4.78 is 25.4. The number of benzene rings is 1. The molecule has 33 heavy (non-hydrogen) atoms. The molecule has 0 aliphatic carbocycles. The summed E-state index contributed by atoms with van der Waals surface area (Å²) in [6, 6.07) is 9.74. The monoisotopic (exact) mass is 485 g/mol. The van der Waals surface area contributed by atoms with Crippen molar-refractivity contribution in [3.63, 3.8) is 0 Å². The number of nitrogens with zero attached hydrogens (tertiary/aromatic N) is 4. The van der Waals surface area contributed by atoms with E-state index >= 15 is 0 Å². The van der Waals surface area contributed by atoms with Crippen molar-refractivity contribution in [3.05, 3.63) is 53.9 Å². The van der Waals surface area contributed by atoms with Crippen LogP contribution in [0.15, 0.2) is 47.9 Å². The molecule has 10 heteroatoms. The molecule has 1 N–H and O–H groups in total. The molecule has 4 rings (SSSR count). The van der Waals surface area contributed by atoms with E-state index in [4.69, 9.17) is 0 Å². The zero-order valence-corrected chi connectivity index (χ0v) is 20.3. The molecule has 3 heterocycles. The fraction of sp³-hybridized carbons (Fsp3) is 0.391. The summed E-state index contributed by atoms with van der Waals surface area (Å²) in [7, 11) is -3.05. The third kappa shape index (κ3) is 5.27. The van der Waals surface area contributed by atoms with Crippen molar-refractivity contribution in [3.8, 4) is 17.1 Å². The van der Waals surface area contributed by atoms with Gasteiger partial charge < -0.3 is 5.32 Å². The van der Waals surface area contributed by atoms with E-state index in [1.165, 1.54) is 22.9 Å². The van der Waals surface area contributed by atoms with Crippen LogP contribution in [-0.2, 0) is 27.5 Å². The molecule has 8 nitrogen and oxygen atoms in total. The standard InChI is InChI=1S/C23H27N5O3S2/c1-3-16-7-5-8-17(4-2)21(16)28-22(18-9-6-11-24-13-18)26-27-23(28)32-14-20(29)25-19-10-12-33(30,31)15-19/h5-9,11,13,19H,3-4,10,12,14-15H2,1-2H3,(H,25,29). The van der Waals surface area contributed by atoms with E-state index in [9.17, 15) is 13.2 Å². The van der Waals surface area contributed by atoms with Crippen molar-refractivity contribution in [1.82, 2.24) is 25.1 Å². The quantitative estimate of drug-likeness (QED) is 0.489. The molecule has 1 aromatic carbocycles. The number of aromatic nitrogens is 4. The number of pyridine rings is 1. The average molecular weight is 486 g/mol. The van der Waals surface area contributed by atoms with Crippen LogP contribution in [0.3, 0.4) is 0 Å². The molecular formula is C23H27N5O3S2. The Kier molecular flexibility index (Phi) is 7.14. The van der Waals surface area contributed by atoms with Crippen molar-refractivity contribution in [1.29, 1.82) is 0 Å². The van der Waals surface area contributed by atoms with Gasteiger partial charge >= 0.3 is 0 Å². The number of thioether (sulfide) groups is 1. The summed E-state index contributed by atoms with van der Waals surface area (Å²) in [6.45, 7) is 4.23. The van der Waals surface area contributed by atoms with Gasteiger partial charge in [0.15, 0.2) is 20.8 Å². The Morgan fingerprint density at radius 3 is 2.52 bits per heavy atom. The molecule has 0 spiro atoms. The maximum absolute atomic E-state index is 12.6. The summed E-state index contributed by atoms with van der Waals surface area (Å²) >= 11 is 1.29. The first-order valence-corrected chi connectivity index (χ1v) is 13.8. The number of nitrogens with one attached hydrogen (secondary N) is 1. The smallest absolute Gasteiger partial charge is 0.230 e. The Hall–Kier alpha value is -2.72. The first kappa shape index (κ1) is 23.4. The number of carbonyl (C=O) groups excluding carboxylic acids is 1. The number of amides is 1. The van der Waals surface area contributed by atoms with Crippen molar-refractivity contribution in [2.45, 2.75) is 44.3 Å². The van der Waals surface area contributed by atoms with Gasteiger partial charge in [0, 0.05) is 24.0 Å². The average Bonchev–Trinajstić information content (AvgIpc) is 3.39. The maximum Gasteiger partial charge on any atom is 0.230 e. The fourth-order valence-electron chi connectivity index (χ4n) is 4.06. The number of carbonyl (C=O) groups is 1. The number of para-hydroxylation sites is 1. The third-order valence-corrected chi connectivity index (χ3v) is 8.37. The molecule has 1 amide bonds. The van der Waals surface area contributed by atoms with Crippen LogP contribution < -0.4 is 5.32 Å². The number of hydrogen-bond donors (Lipinski definition) is 1. The second kappa shape index (κ2) is 10.0. The Bertz CT molecular complexity index is 1220. The zero-order chi connectivity index (χ0) is 23.4. The minimum Gasteiger partial charge on any atom is -0.352 e. The maximum atomic E-state index is 12.6. The minimum atomic E-state index is -3.05. The molecule has 1 fully saturated rings. The van der Waals surface area contributed by atoms with E-state index in [-0.39, 0.29) is 29.2 Å². The van der Waals surface area contributed by atoms with Gasteiger partial charge in [0.25, 0.3) is 0 Å². The third-order valence-electron chi connectivity index (χ3n) is 5.67. The highest BCUT2D eigenvalue weighted by molar-refractivity contribution is 7.99. The number of rotatable bonds is 8. The van der Waals surface area contributed by atoms with E-state index in [0.717, 1.165) is 24.1 Å². The predicted molar refractivity (Wildman–Crippen MR) is 129 cm³/mol. The van der Waals surface area contributed by atoms with Crippen molar-refractivity contribution in [2.24, 2.45) is 0 Å². The molecule has 2 aromatic heterocycles. The Balaban J connectivity index is 1.66. The van der Waals surface area contributed by atoms with E-state index in [2.05, 4.69) is 52.5 Å². The van der Waals surface area contributed by atoms with Crippen LogP contribution in [0, 0.1) is 0 Å². The lowest BCUT2D eigenvalue weighted by atomic mass is 10.0. The highest BCUT2D eigenvalue weighted by Gasteiger charge is 2.29.